The molecule has 2 heterocycles. The quantitative estimate of drug-likeness (QED) is 0.912. The summed E-state index contributed by atoms with van der Waals surface area (Å²) in [6, 6.07) is 5.63. The zero-order valence-electron chi connectivity index (χ0n) is 12.1. The molecule has 3 nitrogen and oxygen atoms in total. The number of benzene rings is 1. The van der Waals surface area contributed by atoms with E-state index >= 15 is 0 Å². The van der Waals surface area contributed by atoms with Gasteiger partial charge in [-0.1, -0.05) is 6.07 Å². The summed E-state index contributed by atoms with van der Waals surface area (Å²) in [6.45, 7) is 6.73. The van der Waals surface area contributed by atoms with Crippen molar-refractivity contribution >= 4 is 0 Å². The average Bonchev–Trinajstić information content (AvgIpc) is 2.89. The van der Waals surface area contributed by atoms with Gasteiger partial charge in [-0.3, -0.25) is 4.90 Å². The van der Waals surface area contributed by atoms with Crippen molar-refractivity contribution in [3.8, 4) is 0 Å². The third kappa shape index (κ3) is 3.19. The number of hydrogen-bond acceptors (Lipinski definition) is 3. The molecule has 2 saturated heterocycles. The third-order valence-corrected chi connectivity index (χ3v) is 4.45. The molecule has 0 spiro atoms. The minimum atomic E-state index is -0.165. The standard InChI is InChI=1S/C16H23FN2O/c1-12-7-14(17)5-4-13(12)8-18-9-16-10-19-6-2-3-15(19)11-20-16/h4-5,7,15-16,18H,2-3,6,8-11H2,1H3. The molecule has 2 aliphatic rings. The van der Waals surface area contributed by atoms with Crippen LogP contribution in [0.3, 0.4) is 0 Å². The molecular weight excluding hydrogens is 255 g/mol. The van der Waals surface area contributed by atoms with Gasteiger partial charge in [0, 0.05) is 25.7 Å². The van der Waals surface area contributed by atoms with Crippen LogP contribution in [-0.4, -0.2) is 43.3 Å². The number of rotatable bonds is 4. The number of nitrogens with zero attached hydrogens (tertiary/aromatic N) is 1. The fourth-order valence-corrected chi connectivity index (χ4v) is 3.23. The molecule has 1 N–H and O–H groups in total. The Labute approximate surface area is 120 Å². The smallest absolute Gasteiger partial charge is 0.123 e. The number of fused-ring (bicyclic) bond motifs is 1. The largest absolute Gasteiger partial charge is 0.374 e. The molecule has 110 valence electrons. The van der Waals surface area contributed by atoms with E-state index in [1.807, 2.05) is 13.0 Å². The molecule has 3 rings (SSSR count). The second kappa shape index (κ2) is 6.20. The molecule has 0 bridgehead atoms. The highest BCUT2D eigenvalue weighted by Gasteiger charge is 2.31. The molecule has 0 amide bonds. The number of morpholine rings is 1. The molecular formula is C16H23FN2O. The van der Waals surface area contributed by atoms with Gasteiger partial charge < -0.3 is 10.1 Å². The minimum absolute atomic E-state index is 0.165. The highest BCUT2D eigenvalue weighted by atomic mass is 19.1. The summed E-state index contributed by atoms with van der Waals surface area (Å²) in [5, 5.41) is 3.44. The second-order valence-electron chi connectivity index (χ2n) is 5.95. The van der Waals surface area contributed by atoms with Gasteiger partial charge in [0.15, 0.2) is 0 Å². The normalized spacial score (nSPS) is 26.7. The summed E-state index contributed by atoms with van der Waals surface area (Å²) in [7, 11) is 0. The van der Waals surface area contributed by atoms with Gasteiger partial charge in [0.25, 0.3) is 0 Å². The number of halogens is 1. The first-order chi connectivity index (χ1) is 9.72. The molecule has 4 heteroatoms. The highest BCUT2D eigenvalue weighted by Crippen LogP contribution is 2.22. The van der Waals surface area contributed by atoms with Gasteiger partial charge in [0.1, 0.15) is 5.82 Å². The van der Waals surface area contributed by atoms with Crippen molar-refractivity contribution in [1.29, 1.82) is 0 Å². The molecule has 20 heavy (non-hydrogen) atoms. The van der Waals surface area contributed by atoms with E-state index in [0.29, 0.717) is 6.04 Å². The lowest BCUT2D eigenvalue weighted by molar-refractivity contribution is -0.0470. The Kier molecular flexibility index (Phi) is 4.34. The van der Waals surface area contributed by atoms with Crippen molar-refractivity contribution in [3.05, 3.63) is 35.1 Å². The molecule has 1 aromatic rings. The van der Waals surface area contributed by atoms with Crippen molar-refractivity contribution in [1.82, 2.24) is 10.2 Å². The van der Waals surface area contributed by atoms with Gasteiger partial charge in [0.2, 0.25) is 0 Å². The lowest BCUT2D eigenvalue weighted by Crippen LogP contribution is -2.49. The summed E-state index contributed by atoms with van der Waals surface area (Å²) >= 11 is 0. The van der Waals surface area contributed by atoms with Crippen molar-refractivity contribution in [2.24, 2.45) is 0 Å². The average molecular weight is 278 g/mol. The highest BCUT2D eigenvalue weighted by molar-refractivity contribution is 5.26. The van der Waals surface area contributed by atoms with Crippen molar-refractivity contribution in [3.63, 3.8) is 0 Å². The molecule has 2 atom stereocenters. The number of ether oxygens (including phenoxy) is 1. The number of hydrogen-bond donors (Lipinski definition) is 1. The van der Waals surface area contributed by atoms with E-state index in [9.17, 15) is 4.39 Å². The summed E-state index contributed by atoms with van der Waals surface area (Å²) in [4.78, 5) is 2.55. The van der Waals surface area contributed by atoms with Gasteiger partial charge >= 0.3 is 0 Å². The number of aryl methyl sites for hydroxylation is 1. The Hall–Kier alpha value is -0.970. The van der Waals surface area contributed by atoms with E-state index in [0.717, 1.165) is 37.4 Å². The van der Waals surface area contributed by atoms with Gasteiger partial charge in [0.05, 0.1) is 12.7 Å². The molecule has 0 aromatic heterocycles. The van der Waals surface area contributed by atoms with E-state index in [1.54, 1.807) is 6.07 Å². The topological polar surface area (TPSA) is 24.5 Å². The molecule has 1 aromatic carbocycles. The molecule has 0 aliphatic carbocycles. The van der Waals surface area contributed by atoms with Crippen LogP contribution in [0, 0.1) is 12.7 Å². The van der Waals surface area contributed by atoms with Crippen LogP contribution < -0.4 is 5.32 Å². The maximum atomic E-state index is 13.0. The summed E-state index contributed by atoms with van der Waals surface area (Å²) in [6.07, 6.45) is 2.88. The monoisotopic (exact) mass is 278 g/mol. The molecule has 0 saturated carbocycles. The lowest BCUT2D eigenvalue weighted by atomic mass is 10.1. The Morgan fingerprint density at radius 2 is 2.35 bits per heavy atom. The first-order valence-electron chi connectivity index (χ1n) is 7.54. The Morgan fingerprint density at radius 3 is 3.20 bits per heavy atom. The predicted octanol–water partition coefficient (Wildman–Crippen LogP) is 2.09. The van der Waals surface area contributed by atoms with Crippen LogP contribution in [0.15, 0.2) is 18.2 Å². The van der Waals surface area contributed by atoms with E-state index < -0.39 is 0 Å². The van der Waals surface area contributed by atoms with Crippen LogP contribution in [0.5, 0.6) is 0 Å². The van der Waals surface area contributed by atoms with Crippen molar-refractivity contribution in [2.45, 2.75) is 38.5 Å². The maximum absolute atomic E-state index is 13.0. The zero-order chi connectivity index (χ0) is 13.9. The van der Waals surface area contributed by atoms with Gasteiger partial charge in [-0.05, 0) is 49.6 Å². The van der Waals surface area contributed by atoms with Crippen LogP contribution in [0.25, 0.3) is 0 Å². The summed E-state index contributed by atoms with van der Waals surface area (Å²) in [5.41, 5.74) is 2.16. The molecule has 2 aliphatic heterocycles. The van der Waals surface area contributed by atoms with Crippen LogP contribution in [0.2, 0.25) is 0 Å². The molecule has 2 fully saturated rings. The lowest BCUT2D eigenvalue weighted by Gasteiger charge is -2.35. The SMILES string of the molecule is Cc1cc(F)ccc1CNCC1CN2CCCC2CO1. The van der Waals surface area contributed by atoms with E-state index in [4.69, 9.17) is 4.74 Å². The number of nitrogens with one attached hydrogen (secondary N) is 1. The van der Waals surface area contributed by atoms with Crippen LogP contribution in [-0.2, 0) is 11.3 Å². The second-order valence-corrected chi connectivity index (χ2v) is 5.95. The van der Waals surface area contributed by atoms with E-state index in [-0.39, 0.29) is 11.9 Å². The summed E-state index contributed by atoms with van der Waals surface area (Å²) < 4.78 is 19.0. The summed E-state index contributed by atoms with van der Waals surface area (Å²) in [5.74, 6) is -0.165. The van der Waals surface area contributed by atoms with Crippen LogP contribution in [0.1, 0.15) is 24.0 Å². The zero-order valence-corrected chi connectivity index (χ0v) is 12.1. The van der Waals surface area contributed by atoms with Crippen molar-refractivity contribution < 1.29 is 9.13 Å². The Bertz CT molecular complexity index is 466. The first-order valence-corrected chi connectivity index (χ1v) is 7.54. The van der Waals surface area contributed by atoms with Crippen LogP contribution in [0.4, 0.5) is 4.39 Å². The van der Waals surface area contributed by atoms with Crippen molar-refractivity contribution in [2.75, 3.05) is 26.2 Å². The fraction of sp³-hybridized carbons (Fsp3) is 0.625. The molecule has 2 unspecified atom stereocenters. The molecule has 0 radical (unpaired) electrons. The minimum Gasteiger partial charge on any atom is -0.374 e. The van der Waals surface area contributed by atoms with E-state index in [2.05, 4.69) is 10.2 Å². The Balaban J connectivity index is 1.45. The van der Waals surface area contributed by atoms with Crippen LogP contribution >= 0.6 is 0 Å². The van der Waals surface area contributed by atoms with E-state index in [1.165, 1.54) is 25.5 Å². The van der Waals surface area contributed by atoms with Gasteiger partial charge in [-0.25, -0.2) is 4.39 Å². The van der Waals surface area contributed by atoms with Gasteiger partial charge in [-0.15, -0.1) is 0 Å². The van der Waals surface area contributed by atoms with Gasteiger partial charge in [-0.2, -0.15) is 0 Å². The maximum Gasteiger partial charge on any atom is 0.123 e. The predicted molar refractivity (Wildman–Crippen MR) is 77.2 cm³/mol. The Morgan fingerprint density at radius 1 is 1.45 bits per heavy atom. The fourth-order valence-electron chi connectivity index (χ4n) is 3.23. The third-order valence-electron chi connectivity index (χ3n) is 4.45. The first kappa shape index (κ1) is 14.0.